The van der Waals surface area contributed by atoms with Crippen molar-refractivity contribution in [2.75, 3.05) is 40.5 Å². The highest BCUT2D eigenvalue weighted by Crippen LogP contribution is 2.35. The Morgan fingerprint density at radius 1 is 0.684 bits per heavy atom. The Bertz CT molecular complexity index is 2020. The van der Waals surface area contributed by atoms with Crippen LogP contribution in [0.3, 0.4) is 0 Å². The maximum absolute atomic E-state index is 13.9. The predicted molar refractivity (Wildman–Crippen MR) is 211 cm³/mol. The molecule has 0 aliphatic carbocycles. The lowest BCUT2D eigenvalue weighted by atomic mass is 9.90. The molecule has 4 amide bonds. The number of nitrogens with zero attached hydrogens (tertiary/aromatic N) is 4. The van der Waals surface area contributed by atoms with Crippen molar-refractivity contribution in [2.24, 2.45) is 11.8 Å². The first-order valence-corrected chi connectivity index (χ1v) is 19.8. The fraction of sp³-hybridized carbons (Fsp3) is 0.476. The summed E-state index contributed by atoms with van der Waals surface area (Å²) in [5, 5.41) is 5.50. The number of carbonyl (C=O) groups is 4. The molecule has 5 heterocycles. The Labute approximate surface area is 332 Å². The van der Waals surface area contributed by atoms with Crippen LogP contribution in [0.1, 0.15) is 76.1 Å². The number of aromatic amines is 2. The smallest absolute Gasteiger partial charge is 0.407 e. The molecule has 1 unspecified atom stereocenters. The lowest BCUT2D eigenvalue weighted by molar-refractivity contribution is -0.137. The highest BCUT2D eigenvalue weighted by Gasteiger charge is 2.40. The number of carbonyl (C=O) groups excluding carboxylic acids is 4. The number of nitrogens with one attached hydrogen (secondary N) is 4. The fourth-order valence-corrected chi connectivity index (χ4v) is 8.29. The molecule has 3 aliphatic rings. The molecule has 3 saturated heterocycles. The summed E-state index contributed by atoms with van der Waals surface area (Å²) in [6.45, 7) is 6.10. The van der Waals surface area contributed by atoms with E-state index in [-0.39, 0.29) is 35.7 Å². The number of hydrogen-bond acceptors (Lipinski definition) is 9. The number of alkyl carbamates (subject to hydrolysis) is 2. The van der Waals surface area contributed by atoms with Gasteiger partial charge in [0.15, 0.2) is 0 Å². The van der Waals surface area contributed by atoms with Crippen LogP contribution in [-0.2, 0) is 23.8 Å². The lowest BCUT2D eigenvalue weighted by Crippen LogP contribution is -2.53. The molecule has 0 saturated carbocycles. The second-order valence-corrected chi connectivity index (χ2v) is 15.3. The number of amides is 4. The minimum Gasteiger partial charge on any atom is -0.453 e. The van der Waals surface area contributed by atoms with Crippen LogP contribution in [0.5, 0.6) is 0 Å². The molecule has 302 valence electrons. The maximum atomic E-state index is 13.9. The average Bonchev–Trinajstić information content (AvgIpc) is 4.09. The van der Waals surface area contributed by atoms with E-state index < -0.39 is 24.3 Å². The molecule has 15 heteroatoms. The molecule has 0 bridgehead atoms. The molecule has 4 atom stereocenters. The van der Waals surface area contributed by atoms with E-state index in [4.69, 9.17) is 19.2 Å². The number of ether oxygens (including phenoxy) is 3. The van der Waals surface area contributed by atoms with E-state index >= 15 is 0 Å². The molecule has 3 fully saturated rings. The highest BCUT2D eigenvalue weighted by molar-refractivity contribution is 5.87. The van der Waals surface area contributed by atoms with Crippen LogP contribution in [-0.4, -0.2) is 106 Å². The van der Waals surface area contributed by atoms with Gasteiger partial charge in [-0.3, -0.25) is 9.59 Å². The quantitative estimate of drug-likeness (QED) is 0.142. The monoisotopic (exact) mass is 780 g/mol. The topological polar surface area (TPSA) is 184 Å². The van der Waals surface area contributed by atoms with E-state index in [1.165, 1.54) is 14.2 Å². The first kappa shape index (κ1) is 39.5. The van der Waals surface area contributed by atoms with E-state index in [2.05, 4.69) is 74.1 Å². The van der Waals surface area contributed by atoms with Crippen molar-refractivity contribution in [1.29, 1.82) is 0 Å². The van der Waals surface area contributed by atoms with Crippen LogP contribution in [0.2, 0.25) is 0 Å². The highest BCUT2D eigenvalue weighted by atomic mass is 16.5. The van der Waals surface area contributed by atoms with E-state index in [0.29, 0.717) is 39.1 Å². The molecule has 0 radical (unpaired) electrons. The van der Waals surface area contributed by atoms with Gasteiger partial charge in [0, 0.05) is 26.3 Å². The van der Waals surface area contributed by atoms with Crippen LogP contribution in [0.15, 0.2) is 60.9 Å². The molecule has 7 rings (SSSR count). The summed E-state index contributed by atoms with van der Waals surface area (Å²) in [7, 11) is 2.59. The molecule has 3 aliphatic heterocycles. The van der Waals surface area contributed by atoms with Gasteiger partial charge in [0.05, 0.1) is 50.1 Å². The molecule has 4 aromatic rings. The van der Waals surface area contributed by atoms with E-state index in [9.17, 15) is 19.2 Å². The van der Waals surface area contributed by atoms with Gasteiger partial charge in [0.2, 0.25) is 11.8 Å². The summed E-state index contributed by atoms with van der Waals surface area (Å²) in [5.41, 5.74) is 5.78. The number of benzene rings is 2. The van der Waals surface area contributed by atoms with Crippen molar-refractivity contribution in [3.63, 3.8) is 0 Å². The number of likely N-dealkylation sites (tertiary alicyclic amines) is 2. The van der Waals surface area contributed by atoms with Crippen LogP contribution in [0, 0.1) is 11.8 Å². The molecule has 2 aromatic heterocycles. The lowest BCUT2D eigenvalue weighted by Gasteiger charge is -2.34. The average molecular weight is 781 g/mol. The van der Waals surface area contributed by atoms with E-state index in [0.717, 1.165) is 71.0 Å². The molecular weight excluding hydrogens is 729 g/mol. The molecular formula is C42H52N8O7. The van der Waals surface area contributed by atoms with Gasteiger partial charge in [0.1, 0.15) is 23.7 Å². The zero-order valence-corrected chi connectivity index (χ0v) is 33.0. The summed E-state index contributed by atoms with van der Waals surface area (Å²) >= 11 is 0. The zero-order chi connectivity index (χ0) is 40.1. The number of aromatic nitrogens is 4. The van der Waals surface area contributed by atoms with Crippen molar-refractivity contribution >= 4 is 24.0 Å². The minimum atomic E-state index is -0.689. The largest absolute Gasteiger partial charge is 0.453 e. The molecule has 2 aromatic carbocycles. The number of H-pyrrole nitrogens is 2. The number of methoxy groups -OCH3 is 2. The molecule has 15 nitrogen and oxygen atoms in total. The zero-order valence-electron chi connectivity index (χ0n) is 33.0. The number of rotatable bonds is 11. The standard InChI is InChI=1S/C42H52N8O7/c1-25(2)35(47-41(53)55-3)39(51)49-19-5-7-33(49)37-43-23-31(45-37)28-13-9-26(10-14-28)27-11-15-29(16-12-27)32-24-44-38(46-32)34-8-6-20-50(34)40(52)36(48-42(54)56-4)30-17-21-57-22-18-30/h9-16,23-25,30,33-36H,5-8,17-22H2,1-4H3,(H,43,45)(H,44,46)(H,47,53)(H,48,54)/t33?,34-,35-,36+/m0/s1. The summed E-state index contributed by atoms with van der Waals surface area (Å²) < 4.78 is 15.1. The van der Waals surface area contributed by atoms with Crippen LogP contribution >= 0.6 is 0 Å². The Morgan fingerprint density at radius 3 is 1.61 bits per heavy atom. The molecule has 0 spiro atoms. The second-order valence-electron chi connectivity index (χ2n) is 15.3. The third kappa shape index (κ3) is 8.68. The number of hydrogen-bond donors (Lipinski definition) is 4. The maximum Gasteiger partial charge on any atom is 0.407 e. The minimum absolute atomic E-state index is 0.0266. The Balaban J connectivity index is 0.999. The van der Waals surface area contributed by atoms with Gasteiger partial charge in [-0.05, 0) is 72.6 Å². The molecule has 57 heavy (non-hydrogen) atoms. The third-order valence-corrected chi connectivity index (χ3v) is 11.5. The van der Waals surface area contributed by atoms with Gasteiger partial charge in [-0.1, -0.05) is 62.4 Å². The first-order valence-electron chi connectivity index (χ1n) is 19.8. The van der Waals surface area contributed by atoms with E-state index in [1.54, 1.807) is 11.1 Å². The van der Waals surface area contributed by atoms with Crippen molar-refractivity contribution < 1.29 is 33.4 Å². The fourth-order valence-electron chi connectivity index (χ4n) is 8.29. The summed E-state index contributed by atoms with van der Waals surface area (Å²) in [5.74, 6) is 1.06. The Morgan fingerprint density at radius 2 is 1.14 bits per heavy atom. The van der Waals surface area contributed by atoms with Crippen LogP contribution < -0.4 is 10.6 Å². The van der Waals surface area contributed by atoms with Gasteiger partial charge in [-0.25, -0.2) is 19.6 Å². The van der Waals surface area contributed by atoms with E-state index in [1.807, 2.05) is 24.9 Å². The van der Waals surface area contributed by atoms with Gasteiger partial charge >= 0.3 is 12.2 Å². The van der Waals surface area contributed by atoms with Crippen molar-refractivity contribution in [3.8, 4) is 33.6 Å². The van der Waals surface area contributed by atoms with Crippen molar-refractivity contribution in [1.82, 2.24) is 40.4 Å². The Hall–Kier alpha value is -5.70. The van der Waals surface area contributed by atoms with Gasteiger partial charge < -0.3 is 44.6 Å². The summed E-state index contributed by atoms with van der Waals surface area (Å²) in [6, 6.07) is 14.7. The normalized spacial score (nSPS) is 19.7. The van der Waals surface area contributed by atoms with Gasteiger partial charge in [-0.2, -0.15) is 0 Å². The predicted octanol–water partition coefficient (Wildman–Crippen LogP) is 5.99. The third-order valence-electron chi connectivity index (χ3n) is 11.5. The molecule has 4 N–H and O–H groups in total. The van der Waals surface area contributed by atoms with Crippen molar-refractivity contribution in [3.05, 3.63) is 72.6 Å². The SMILES string of the molecule is COC(=O)N[C@H](C(=O)N1CCCC1c1ncc(-c2ccc(-c3ccc(-c4cnc([C@@H]5CCCN5C(=O)[C@H](NC(=O)OC)C5CCOCC5)[nH]4)cc3)cc2)[nH]1)C(C)C. The van der Waals surface area contributed by atoms with Crippen LogP contribution in [0.4, 0.5) is 9.59 Å². The number of imidazole rings is 2. The van der Waals surface area contributed by atoms with Gasteiger partial charge in [0.25, 0.3) is 0 Å². The summed E-state index contributed by atoms with van der Waals surface area (Å²) in [4.78, 5) is 71.6. The Kier molecular flexibility index (Phi) is 12.2. The van der Waals surface area contributed by atoms with Crippen LogP contribution in [0.25, 0.3) is 33.6 Å². The summed E-state index contributed by atoms with van der Waals surface area (Å²) in [6.07, 6.45) is 7.01. The van der Waals surface area contributed by atoms with Gasteiger partial charge in [-0.15, -0.1) is 0 Å². The van der Waals surface area contributed by atoms with Crippen molar-refractivity contribution in [2.45, 2.75) is 76.5 Å². The first-order chi connectivity index (χ1) is 27.6. The second kappa shape index (κ2) is 17.6.